The summed E-state index contributed by atoms with van der Waals surface area (Å²) >= 11 is 7.54. The van der Waals surface area contributed by atoms with Gasteiger partial charge in [-0.3, -0.25) is 19.5 Å². The molecule has 2 aliphatic heterocycles. The van der Waals surface area contributed by atoms with Crippen LogP contribution in [0.5, 0.6) is 11.5 Å². The Morgan fingerprint density at radius 2 is 2.06 bits per heavy atom. The maximum absolute atomic E-state index is 13.7. The molecule has 0 spiro atoms. The number of nitro benzene ring substituents is 1. The van der Waals surface area contributed by atoms with Crippen LogP contribution in [0.15, 0.2) is 57.5 Å². The Morgan fingerprint density at radius 1 is 1.33 bits per heavy atom. The molecule has 2 aliphatic rings. The monoisotopic (exact) mass is 527 g/mol. The van der Waals surface area contributed by atoms with Gasteiger partial charge >= 0.3 is 5.97 Å². The average Bonchev–Trinajstić information content (AvgIpc) is 3.42. The maximum Gasteiger partial charge on any atom is 0.338 e. The van der Waals surface area contributed by atoms with E-state index in [1.165, 1.54) is 22.8 Å². The van der Waals surface area contributed by atoms with E-state index in [4.69, 9.17) is 25.8 Å². The second kappa shape index (κ2) is 9.25. The highest BCUT2D eigenvalue weighted by Crippen LogP contribution is 2.38. The molecule has 0 saturated heterocycles. The van der Waals surface area contributed by atoms with E-state index in [1.807, 2.05) is 0 Å². The van der Waals surface area contributed by atoms with Crippen LogP contribution in [-0.2, 0) is 9.53 Å². The molecule has 5 rings (SSSR count). The van der Waals surface area contributed by atoms with Gasteiger partial charge in [-0.2, -0.15) is 0 Å². The van der Waals surface area contributed by atoms with Gasteiger partial charge in [0.1, 0.15) is 6.04 Å². The minimum atomic E-state index is -0.886. The van der Waals surface area contributed by atoms with Crippen molar-refractivity contribution in [3.05, 3.63) is 93.6 Å². The topological polar surface area (TPSA) is 122 Å². The van der Waals surface area contributed by atoms with Gasteiger partial charge in [0.05, 0.1) is 39.0 Å². The van der Waals surface area contributed by atoms with Crippen LogP contribution in [0, 0.1) is 10.1 Å². The molecular weight excluding hydrogens is 510 g/mol. The number of benzene rings is 2. The molecule has 1 aromatic heterocycles. The minimum absolute atomic E-state index is 0.0497. The van der Waals surface area contributed by atoms with E-state index in [2.05, 4.69) is 4.99 Å². The Balaban J connectivity index is 1.75. The molecule has 184 valence electrons. The van der Waals surface area contributed by atoms with Gasteiger partial charge in [0.25, 0.3) is 11.2 Å². The predicted octanol–water partition coefficient (Wildman–Crippen LogP) is 3.09. The van der Waals surface area contributed by atoms with E-state index in [9.17, 15) is 19.7 Å². The summed E-state index contributed by atoms with van der Waals surface area (Å²) in [6.07, 6.45) is 1.41. The Bertz CT molecular complexity index is 1640. The van der Waals surface area contributed by atoms with Crippen LogP contribution < -0.4 is 24.4 Å². The maximum atomic E-state index is 13.7. The highest BCUT2D eigenvalue weighted by molar-refractivity contribution is 7.07. The van der Waals surface area contributed by atoms with Crippen molar-refractivity contribution in [2.75, 3.05) is 13.4 Å². The minimum Gasteiger partial charge on any atom is -0.463 e. The Labute approximate surface area is 212 Å². The van der Waals surface area contributed by atoms with E-state index in [0.717, 1.165) is 11.3 Å². The standard InChI is InChI=1S/C24H18ClN3O7S/c1-3-33-23(30)20-12(2)26-24-27(21(20)14-6-4-5-7-15(14)25)22(29)19(36-24)9-13-8-17-18(35-11-34-17)10-16(13)28(31)32/h4-10,21H,3,11H2,1-2H3/t21-/m0/s1. The lowest BCUT2D eigenvalue weighted by Gasteiger charge is -2.25. The van der Waals surface area contributed by atoms with Gasteiger partial charge in [0.2, 0.25) is 6.79 Å². The largest absolute Gasteiger partial charge is 0.463 e. The summed E-state index contributed by atoms with van der Waals surface area (Å²) < 4.78 is 17.4. The molecule has 36 heavy (non-hydrogen) atoms. The van der Waals surface area contributed by atoms with Crippen molar-refractivity contribution in [3.8, 4) is 11.5 Å². The fourth-order valence-electron chi connectivity index (χ4n) is 4.14. The van der Waals surface area contributed by atoms with Crippen molar-refractivity contribution in [2.24, 2.45) is 4.99 Å². The van der Waals surface area contributed by atoms with Gasteiger partial charge in [0.15, 0.2) is 16.3 Å². The fourth-order valence-corrected chi connectivity index (χ4v) is 5.42. The van der Waals surface area contributed by atoms with Crippen LogP contribution in [0.2, 0.25) is 5.02 Å². The SMILES string of the molecule is CCOC(=O)C1=C(C)N=c2sc(=Cc3cc4c(cc3[N+](=O)[O-])OCO4)c(=O)n2[C@H]1c1ccccc1Cl. The fraction of sp³-hybridized carbons (Fsp3) is 0.208. The zero-order chi connectivity index (χ0) is 25.6. The summed E-state index contributed by atoms with van der Waals surface area (Å²) in [6.45, 7) is 3.44. The number of nitrogens with zero attached hydrogens (tertiary/aromatic N) is 3. The molecule has 3 heterocycles. The van der Waals surface area contributed by atoms with E-state index >= 15 is 0 Å². The quantitative estimate of drug-likeness (QED) is 0.284. The number of aromatic nitrogens is 1. The van der Waals surface area contributed by atoms with Gasteiger partial charge in [-0.1, -0.05) is 41.1 Å². The second-order valence-electron chi connectivity index (χ2n) is 7.85. The third-order valence-corrected chi connectivity index (χ3v) is 7.05. The second-order valence-corrected chi connectivity index (χ2v) is 9.26. The van der Waals surface area contributed by atoms with Crippen molar-refractivity contribution >= 4 is 40.7 Å². The lowest BCUT2D eigenvalue weighted by molar-refractivity contribution is -0.385. The third-order valence-electron chi connectivity index (χ3n) is 5.72. The molecular formula is C24H18ClN3O7S. The molecule has 0 bridgehead atoms. The van der Waals surface area contributed by atoms with Crippen molar-refractivity contribution in [1.82, 2.24) is 4.57 Å². The number of carbonyl (C=O) groups is 1. The summed E-state index contributed by atoms with van der Waals surface area (Å²) in [5.41, 5.74) is 0.558. The number of allylic oxidation sites excluding steroid dienone is 1. The predicted molar refractivity (Wildman–Crippen MR) is 131 cm³/mol. The van der Waals surface area contributed by atoms with Crippen LogP contribution in [-0.4, -0.2) is 28.9 Å². The molecule has 1 atom stereocenters. The number of halogens is 1. The number of esters is 1. The number of carbonyl (C=O) groups excluding carboxylic acids is 1. The zero-order valence-electron chi connectivity index (χ0n) is 19.0. The van der Waals surface area contributed by atoms with Crippen LogP contribution >= 0.6 is 22.9 Å². The van der Waals surface area contributed by atoms with Crippen molar-refractivity contribution in [3.63, 3.8) is 0 Å². The van der Waals surface area contributed by atoms with E-state index < -0.39 is 22.5 Å². The number of ether oxygens (including phenoxy) is 3. The molecule has 0 fully saturated rings. The first kappa shape index (κ1) is 23.8. The normalized spacial score (nSPS) is 16.5. The number of thiazole rings is 1. The number of rotatable bonds is 5. The van der Waals surface area contributed by atoms with Gasteiger partial charge in [-0.05, 0) is 37.6 Å². The van der Waals surface area contributed by atoms with Crippen LogP contribution in [0.3, 0.4) is 0 Å². The van der Waals surface area contributed by atoms with Crippen LogP contribution in [0.25, 0.3) is 6.08 Å². The first-order valence-electron chi connectivity index (χ1n) is 10.8. The molecule has 0 radical (unpaired) electrons. The number of hydrogen-bond acceptors (Lipinski definition) is 9. The Hall–Kier alpha value is -3.96. The van der Waals surface area contributed by atoms with E-state index in [-0.39, 0.29) is 40.5 Å². The Kier molecular flexibility index (Phi) is 6.10. The van der Waals surface area contributed by atoms with E-state index in [1.54, 1.807) is 38.1 Å². The van der Waals surface area contributed by atoms with Crippen molar-refractivity contribution < 1.29 is 23.9 Å². The van der Waals surface area contributed by atoms with Gasteiger partial charge in [0, 0.05) is 5.02 Å². The molecule has 3 aromatic rings. The molecule has 0 N–H and O–H groups in total. The summed E-state index contributed by atoms with van der Waals surface area (Å²) in [4.78, 5) is 42.6. The molecule has 0 aliphatic carbocycles. The van der Waals surface area contributed by atoms with Crippen molar-refractivity contribution in [1.29, 1.82) is 0 Å². The summed E-state index contributed by atoms with van der Waals surface area (Å²) in [5, 5.41) is 12.1. The van der Waals surface area contributed by atoms with Crippen molar-refractivity contribution in [2.45, 2.75) is 19.9 Å². The highest BCUT2D eigenvalue weighted by Gasteiger charge is 2.34. The van der Waals surface area contributed by atoms with Crippen LogP contribution in [0.1, 0.15) is 31.0 Å². The zero-order valence-corrected chi connectivity index (χ0v) is 20.6. The molecule has 2 aromatic carbocycles. The van der Waals surface area contributed by atoms with Gasteiger partial charge in [-0.25, -0.2) is 9.79 Å². The summed E-state index contributed by atoms with van der Waals surface area (Å²) in [7, 11) is 0. The third kappa shape index (κ3) is 3.95. The summed E-state index contributed by atoms with van der Waals surface area (Å²) in [6, 6.07) is 8.73. The molecule has 10 nitrogen and oxygen atoms in total. The van der Waals surface area contributed by atoms with Gasteiger partial charge < -0.3 is 14.2 Å². The smallest absolute Gasteiger partial charge is 0.338 e. The van der Waals surface area contributed by atoms with Gasteiger partial charge in [-0.15, -0.1) is 0 Å². The number of nitro groups is 1. The first-order chi connectivity index (χ1) is 17.3. The van der Waals surface area contributed by atoms with E-state index in [0.29, 0.717) is 26.8 Å². The molecule has 0 amide bonds. The molecule has 12 heteroatoms. The molecule has 0 unspecified atom stereocenters. The van der Waals surface area contributed by atoms with Crippen LogP contribution in [0.4, 0.5) is 5.69 Å². The lowest BCUT2D eigenvalue weighted by atomic mass is 9.96. The molecule has 0 saturated carbocycles. The number of fused-ring (bicyclic) bond motifs is 2. The Morgan fingerprint density at radius 3 is 2.75 bits per heavy atom. The highest BCUT2D eigenvalue weighted by atomic mass is 35.5. The lowest BCUT2D eigenvalue weighted by Crippen LogP contribution is -2.40. The number of hydrogen-bond donors (Lipinski definition) is 0. The average molecular weight is 528 g/mol. The summed E-state index contributed by atoms with van der Waals surface area (Å²) in [5.74, 6) is -0.00731. The first-order valence-corrected chi connectivity index (χ1v) is 12.0.